The van der Waals surface area contributed by atoms with Crippen LogP contribution in [0.25, 0.3) is 0 Å². The second-order valence-corrected chi connectivity index (χ2v) is 6.42. The summed E-state index contributed by atoms with van der Waals surface area (Å²) in [6.45, 7) is 6.17. The van der Waals surface area contributed by atoms with Crippen molar-refractivity contribution >= 4 is 11.9 Å². The molecule has 0 bridgehead atoms. The number of carboxylic acid groups (broad SMARTS) is 1. The fourth-order valence-electron chi connectivity index (χ4n) is 4.04. The van der Waals surface area contributed by atoms with Crippen LogP contribution in [0.5, 0.6) is 0 Å². The fourth-order valence-corrected chi connectivity index (χ4v) is 4.04. The number of amides is 1. The van der Waals surface area contributed by atoms with Gasteiger partial charge in [0.05, 0.1) is 18.1 Å². The van der Waals surface area contributed by atoms with E-state index in [9.17, 15) is 19.8 Å². The zero-order chi connectivity index (χ0) is 15.3. The first-order chi connectivity index (χ1) is 9.93. The SMILES string of the molecule is CC(O)C1C(=O)N2C(C(=O)O)=C(CN3CCCC3)C(C)C12. The Hall–Kier alpha value is -1.40. The number of fused-ring (bicyclic) bond motifs is 1. The van der Waals surface area contributed by atoms with E-state index in [1.54, 1.807) is 6.92 Å². The number of hydrogen-bond donors (Lipinski definition) is 2. The summed E-state index contributed by atoms with van der Waals surface area (Å²) in [5.74, 6) is -1.76. The summed E-state index contributed by atoms with van der Waals surface area (Å²) in [4.78, 5) is 27.4. The molecule has 2 N–H and O–H groups in total. The molecule has 0 saturated carbocycles. The highest BCUT2D eigenvalue weighted by atomic mass is 16.4. The van der Waals surface area contributed by atoms with E-state index >= 15 is 0 Å². The number of nitrogens with zero attached hydrogens (tertiary/aromatic N) is 2. The molecule has 0 spiro atoms. The molecule has 0 aliphatic carbocycles. The minimum absolute atomic E-state index is 0.00556. The summed E-state index contributed by atoms with van der Waals surface area (Å²) in [7, 11) is 0. The van der Waals surface area contributed by atoms with Gasteiger partial charge in [-0.3, -0.25) is 9.69 Å². The number of rotatable bonds is 4. The van der Waals surface area contributed by atoms with Crippen LogP contribution >= 0.6 is 0 Å². The van der Waals surface area contributed by atoms with Gasteiger partial charge in [0.1, 0.15) is 5.70 Å². The number of carbonyl (C=O) groups excluding carboxylic acids is 1. The van der Waals surface area contributed by atoms with E-state index in [-0.39, 0.29) is 23.6 Å². The van der Waals surface area contributed by atoms with Gasteiger partial charge in [-0.1, -0.05) is 6.92 Å². The molecule has 1 amide bonds. The highest BCUT2D eigenvalue weighted by Crippen LogP contribution is 2.47. The Morgan fingerprint density at radius 3 is 2.52 bits per heavy atom. The van der Waals surface area contributed by atoms with Crippen molar-refractivity contribution in [3.05, 3.63) is 11.3 Å². The minimum atomic E-state index is -1.03. The Morgan fingerprint density at radius 2 is 2.00 bits per heavy atom. The van der Waals surface area contributed by atoms with E-state index in [4.69, 9.17) is 0 Å². The number of hydrogen-bond acceptors (Lipinski definition) is 4. The molecule has 2 saturated heterocycles. The van der Waals surface area contributed by atoms with E-state index in [0.29, 0.717) is 6.54 Å². The minimum Gasteiger partial charge on any atom is -0.477 e. The maximum absolute atomic E-state index is 12.2. The summed E-state index contributed by atoms with van der Waals surface area (Å²) in [5.41, 5.74) is 0.993. The smallest absolute Gasteiger partial charge is 0.352 e. The van der Waals surface area contributed by atoms with E-state index in [2.05, 4.69) is 4.90 Å². The Morgan fingerprint density at radius 1 is 1.38 bits per heavy atom. The van der Waals surface area contributed by atoms with Crippen molar-refractivity contribution in [3.63, 3.8) is 0 Å². The van der Waals surface area contributed by atoms with Crippen LogP contribution in [-0.4, -0.2) is 63.7 Å². The van der Waals surface area contributed by atoms with Gasteiger partial charge in [-0.25, -0.2) is 4.79 Å². The number of aliphatic carboxylic acids is 1. The molecular formula is C15H22N2O4. The maximum atomic E-state index is 12.2. The average Bonchev–Trinajstić information content (AvgIpc) is 2.97. The Labute approximate surface area is 124 Å². The van der Waals surface area contributed by atoms with Crippen LogP contribution in [0.2, 0.25) is 0 Å². The summed E-state index contributed by atoms with van der Waals surface area (Å²) in [6.07, 6.45) is 1.56. The van der Waals surface area contributed by atoms with Crippen LogP contribution < -0.4 is 0 Å². The fraction of sp³-hybridized carbons (Fsp3) is 0.733. The van der Waals surface area contributed by atoms with Gasteiger partial charge < -0.3 is 15.1 Å². The Bertz CT molecular complexity index is 508. The number of carbonyl (C=O) groups is 2. The lowest BCUT2D eigenvalue weighted by molar-refractivity contribution is -0.163. The van der Waals surface area contributed by atoms with Crippen molar-refractivity contribution in [3.8, 4) is 0 Å². The van der Waals surface area contributed by atoms with Crippen LogP contribution in [0.4, 0.5) is 0 Å². The van der Waals surface area contributed by atoms with Crippen LogP contribution in [-0.2, 0) is 9.59 Å². The molecule has 116 valence electrons. The molecule has 3 heterocycles. The monoisotopic (exact) mass is 294 g/mol. The zero-order valence-electron chi connectivity index (χ0n) is 12.5. The number of carboxylic acids is 1. The summed E-state index contributed by atoms with van der Waals surface area (Å²) in [5, 5.41) is 19.3. The molecule has 3 rings (SSSR count). The highest BCUT2D eigenvalue weighted by Gasteiger charge is 2.59. The van der Waals surface area contributed by atoms with E-state index < -0.39 is 18.0 Å². The van der Waals surface area contributed by atoms with Crippen LogP contribution in [0.3, 0.4) is 0 Å². The first-order valence-corrected chi connectivity index (χ1v) is 7.63. The molecule has 6 heteroatoms. The Kier molecular flexibility index (Phi) is 3.53. The summed E-state index contributed by atoms with van der Waals surface area (Å²) >= 11 is 0. The molecule has 21 heavy (non-hydrogen) atoms. The Balaban J connectivity index is 1.89. The molecular weight excluding hydrogens is 272 g/mol. The third kappa shape index (κ3) is 2.08. The maximum Gasteiger partial charge on any atom is 0.352 e. The van der Waals surface area contributed by atoms with E-state index in [0.717, 1.165) is 31.5 Å². The predicted octanol–water partition coefficient (Wildman–Crippen LogP) is 0.278. The van der Waals surface area contributed by atoms with Gasteiger partial charge in [0.15, 0.2) is 0 Å². The third-order valence-corrected chi connectivity index (χ3v) is 5.11. The molecule has 0 radical (unpaired) electrons. The van der Waals surface area contributed by atoms with Crippen LogP contribution in [0.15, 0.2) is 11.3 Å². The van der Waals surface area contributed by atoms with Crippen molar-refractivity contribution in [2.75, 3.05) is 19.6 Å². The largest absolute Gasteiger partial charge is 0.477 e. The van der Waals surface area contributed by atoms with Gasteiger partial charge in [-0.15, -0.1) is 0 Å². The lowest BCUT2D eigenvalue weighted by Crippen LogP contribution is -2.63. The predicted molar refractivity (Wildman–Crippen MR) is 75.3 cm³/mol. The standard InChI is InChI=1S/C15H22N2O4/c1-8-10(7-16-5-3-4-6-16)13(15(20)21)17-12(8)11(9(2)18)14(17)19/h8-9,11-12,18H,3-7H2,1-2H3,(H,20,21). The highest BCUT2D eigenvalue weighted by molar-refractivity contribution is 6.00. The number of β-lactam (4-membered cyclic amide) rings is 1. The average molecular weight is 294 g/mol. The van der Waals surface area contributed by atoms with Crippen LogP contribution in [0, 0.1) is 11.8 Å². The van der Waals surface area contributed by atoms with Gasteiger partial charge in [-0.05, 0) is 38.4 Å². The molecule has 0 aromatic carbocycles. The van der Waals surface area contributed by atoms with Gasteiger partial charge in [0.2, 0.25) is 5.91 Å². The lowest BCUT2D eigenvalue weighted by Gasteiger charge is -2.46. The molecule has 3 aliphatic rings. The second kappa shape index (κ2) is 5.10. The second-order valence-electron chi connectivity index (χ2n) is 6.42. The first-order valence-electron chi connectivity index (χ1n) is 7.63. The van der Waals surface area contributed by atoms with E-state index in [1.165, 1.54) is 4.90 Å². The zero-order valence-corrected chi connectivity index (χ0v) is 12.5. The molecule has 0 aromatic rings. The topological polar surface area (TPSA) is 81.1 Å². The van der Waals surface area contributed by atoms with Gasteiger partial charge in [-0.2, -0.15) is 0 Å². The van der Waals surface area contributed by atoms with E-state index in [1.807, 2.05) is 6.92 Å². The molecule has 6 nitrogen and oxygen atoms in total. The summed E-state index contributed by atoms with van der Waals surface area (Å²) < 4.78 is 0. The van der Waals surface area contributed by atoms with Gasteiger partial charge in [0, 0.05) is 12.5 Å². The van der Waals surface area contributed by atoms with Crippen molar-refractivity contribution in [1.29, 1.82) is 0 Å². The number of aliphatic hydroxyl groups excluding tert-OH is 1. The van der Waals surface area contributed by atoms with Gasteiger partial charge >= 0.3 is 5.97 Å². The summed E-state index contributed by atoms with van der Waals surface area (Å²) in [6, 6.07) is -0.193. The molecule has 4 atom stereocenters. The van der Waals surface area contributed by atoms with Gasteiger partial charge in [0.25, 0.3) is 0 Å². The quantitative estimate of drug-likeness (QED) is 0.728. The van der Waals surface area contributed by atoms with Crippen molar-refractivity contribution in [2.24, 2.45) is 11.8 Å². The molecule has 2 fully saturated rings. The molecule has 4 unspecified atom stereocenters. The van der Waals surface area contributed by atoms with Crippen LogP contribution in [0.1, 0.15) is 26.7 Å². The van der Waals surface area contributed by atoms with Crippen molar-refractivity contribution in [2.45, 2.75) is 38.8 Å². The number of likely N-dealkylation sites (tertiary alicyclic amines) is 1. The first kappa shape index (κ1) is 14.5. The molecule has 3 aliphatic heterocycles. The van der Waals surface area contributed by atoms with Crippen molar-refractivity contribution in [1.82, 2.24) is 9.80 Å². The lowest BCUT2D eigenvalue weighted by atomic mass is 9.77. The normalized spacial score (nSPS) is 34.1. The third-order valence-electron chi connectivity index (χ3n) is 5.11. The molecule has 0 aromatic heterocycles. The van der Waals surface area contributed by atoms with Crippen molar-refractivity contribution < 1.29 is 19.8 Å². The number of aliphatic hydroxyl groups is 1.